The molecule has 2 heterocycles. The lowest BCUT2D eigenvalue weighted by Gasteiger charge is -2.33. The average Bonchev–Trinajstić information content (AvgIpc) is 3.42. The molecule has 0 bridgehead atoms. The molecule has 2 aliphatic rings. The summed E-state index contributed by atoms with van der Waals surface area (Å²) in [5.41, 5.74) is -9.52. The number of carbonyl (C=O) groups excluding carboxylic acids is 2. The highest BCUT2D eigenvalue weighted by atomic mass is 19.4. The third-order valence-electron chi connectivity index (χ3n) is 8.23. The number of hydrogen-bond acceptors (Lipinski definition) is 5. The maximum Gasteiger partial charge on any atom is 0.417 e. The van der Waals surface area contributed by atoms with Gasteiger partial charge in [0.25, 0.3) is 5.91 Å². The van der Waals surface area contributed by atoms with E-state index >= 15 is 30.7 Å². The van der Waals surface area contributed by atoms with E-state index in [1.807, 2.05) is 0 Å². The maximum absolute atomic E-state index is 15.6. The topological polar surface area (TPSA) is 65.1 Å². The molecule has 0 fully saturated rings. The van der Waals surface area contributed by atoms with Gasteiger partial charge in [-0.25, -0.2) is 13.6 Å². The summed E-state index contributed by atoms with van der Waals surface area (Å²) in [7, 11) is 0.840. The van der Waals surface area contributed by atoms with E-state index < -0.39 is 99.6 Å². The number of amides is 1. The van der Waals surface area contributed by atoms with Gasteiger partial charge in [0, 0.05) is 35.3 Å². The van der Waals surface area contributed by atoms with Crippen LogP contribution in [0.3, 0.4) is 0 Å². The van der Waals surface area contributed by atoms with Crippen LogP contribution in [0.1, 0.15) is 82.6 Å². The van der Waals surface area contributed by atoms with Crippen molar-refractivity contribution in [3.8, 4) is 16.9 Å². The first-order chi connectivity index (χ1) is 22.2. The van der Waals surface area contributed by atoms with Crippen molar-refractivity contribution in [1.29, 1.82) is 0 Å². The number of nitrogens with zero attached hydrogens (tertiary/aromatic N) is 1. The number of ether oxygens (including phenoxy) is 3. The van der Waals surface area contributed by atoms with Crippen molar-refractivity contribution in [1.82, 2.24) is 4.90 Å². The lowest BCUT2D eigenvalue weighted by Crippen LogP contribution is -2.32. The van der Waals surface area contributed by atoms with Gasteiger partial charge in [0.2, 0.25) is 0 Å². The average molecular weight is 686 g/mol. The molecule has 0 aromatic heterocycles. The lowest BCUT2D eigenvalue weighted by molar-refractivity contribution is -0.166. The Morgan fingerprint density at radius 3 is 2.10 bits per heavy atom. The normalized spacial score (nSPS) is 15.5. The fraction of sp³-hybridized carbons (Fsp3) is 0.412. The van der Waals surface area contributed by atoms with Crippen LogP contribution in [0.15, 0.2) is 30.3 Å². The van der Waals surface area contributed by atoms with Crippen LogP contribution >= 0.6 is 0 Å². The summed E-state index contributed by atoms with van der Waals surface area (Å²) in [4.78, 5) is 27.4. The molecule has 48 heavy (non-hydrogen) atoms. The predicted octanol–water partition coefficient (Wildman–Crippen LogP) is 8.49. The molecule has 0 aliphatic carbocycles. The maximum atomic E-state index is 15.6. The summed E-state index contributed by atoms with van der Waals surface area (Å²) in [6, 6.07) is 4.84. The van der Waals surface area contributed by atoms with E-state index in [0.717, 1.165) is 24.1 Å². The van der Waals surface area contributed by atoms with Crippen LogP contribution < -0.4 is 4.74 Å². The highest BCUT2D eigenvalue weighted by Crippen LogP contribution is 2.54. The third kappa shape index (κ3) is 6.46. The Labute approximate surface area is 270 Å². The van der Waals surface area contributed by atoms with Gasteiger partial charge in [0.15, 0.2) is 17.7 Å². The molecule has 3 aromatic rings. The Morgan fingerprint density at radius 2 is 1.54 bits per heavy atom. The Morgan fingerprint density at radius 1 is 0.917 bits per heavy atom. The molecule has 6 nitrogen and oxygen atoms in total. The molecule has 1 amide bonds. The molecule has 14 heteroatoms. The van der Waals surface area contributed by atoms with E-state index in [9.17, 15) is 14.0 Å². The first-order valence-corrected chi connectivity index (χ1v) is 14.9. The summed E-state index contributed by atoms with van der Waals surface area (Å²) in [6.07, 6.45) is -12.7. The van der Waals surface area contributed by atoms with Gasteiger partial charge < -0.3 is 19.1 Å². The molecule has 2 aliphatic heterocycles. The second-order valence-electron chi connectivity index (χ2n) is 12.6. The fourth-order valence-electron chi connectivity index (χ4n) is 6.39. The van der Waals surface area contributed by atoms with Crippen molar-refractivity contribution in [2.45, 2.75) is 77.7 Å². The highest BCUT2D eigenvalue weighted by Gasteiger charge is 2.51. The highest BCUT2D eigenvalue weighted by molar-refractivity contribution is 5.95. The molecular weight excluding hydrogens is 654 g/mol. The minimum Gasteiger partial charge on any atom is -0.490 e. The summed E-state index contributed by atoms with van der Waals surface area (Å²) in [6.45, 7) is 3.69. The second kappa shape index (κ2) is 12.4. The van der Waals surface area contributed by atoms with Gasteiger partial charge in [-0.05, 0) is 87.1 Å². The predicted molar refractivity (Wildman–Crippen MR) is 156 cm³/mol. The molecule has 0 saturated carbocycles. The number of esters is 1. The first kappa shape index (κ1) is 35.1. The Hall–Kier alpha value is -4.20. The molecular formula is C34H31F8NO5. The molecule has 3 aromatic carbocycles. The number of carbonyl (C=O) groups is 2. The van der Waals surface area contributed by atoms with Crippen molar-refractivity contribution in [2.75, 3.05) is 13.7 Å². The number of hydrogen-bond donors (Lipinski definition) is 0. The van der Waals surface area contributed by atoms with Crippen molar-refractivity contribution >= 4 is 11.9 Å². The van der Waals surface area contributed by atoms with E-state index in [-0.39, 0.29) is 35.5 Å². The summed E-state index contributed by atoms with van der Waals surface area (Å²) < 4.78 is 138. The molecule has 1 atom stereocenters. The smallest absolute Gasteiger partial charge is 0.417 e. The van der Waals surface area contributed by atoms with Gasteiger partial charge in [0.05, 0.1) is 30.4 Å². The van der Waals surface area contributed by atoms with E-state index in [2.05, 4.69) is 0 Å². The van der Waals surface area contributed by atoms with Crippen molar-refractivity contribution in [2.24, 2.45) is 0 Å². The van der Waals surface area contributed by atoms with E-state index in [1.54, 1.807) is 0 Å². The second-order valence-corrected chi connectivity index (χ2v) is 12.6. The number of benzene rings is 3. The zero-order valence-electron chi connectivity index (χ0n) is 26.5. The molecule has 0 radical (unpaired) electrons. The molecule has 5 rings (SSSR count). The number of fused-ring (bicyclic) bond motifs is 2. The Kier molecular flexibility index (Phi) is 9.04. The zero-order valence-corrected chi connectivity index (χ0v) is 26.5. The third-order valence-corrected chi connectivity index (χ3v) is 8.23. The Bertz CT molecular complexity index is 1790. The minimum absolute atomic E-state index is 0.0102. The van der Waals surface area contributed by atoms with Crippen LogP contribution in [0.4, 0.5) is 35.1 Å². The molecule has 0 spiro atoms. The number of rotatable bonds is 5. The van der Waals surface area contributed by atoms with Gasteiger partial charge in [-0.3, -0.25) is 4.79 Å². The largest absolute Gasteiger partial charge is 0.490 e. The fourth-order valence-corrected chi connectivity index (χ4v) is 6.39. The summed E-state index contributed by atoms with van der Waals surface area (Å²) in [5.74, 6) is -4.64. The van der Waals surface area contributed by atoms with Crippen LogP contribution in [-0.4, -0.2) is 36.1 Å². The SMILES string of the molecule is COC(=O)C(OC(C)(C)C)c1c(-c2cc(F)c3c(c2C)CCCO3)c(C(F)(F)F)c2c(c1C(F)(F)F)CN(C(=O)c1cccc(F)c1)C2. The monoisotopic (exact) mass is 685 g/mol. The van der Waals surface area contributed by atoms with E-state index in [4.69, 9.17) is 14.2 Å². The van der Waals surface area contributed by atoms with Crippen LogP contribution in [0.2, 0.25) is 0 Å². The number of halogens is 8. The van der Waals surface area contributed by atoms with Crippen LogP contribution in [0.25, 0.3) is 11.1 Å². The molecule has 1 unspecified atom stereocenters. The molecule has 0 saturated heterocycles. The zero-order chi connectivity index (χ0) is 35.5. The Balaban J connectivity index is 1.96. The summed E-state index contributed by atoms with van der Waals surface area (Å²) >= 11 is 0. The van der Waals surface area contributed by atoms with E-state index in [0.29, 0.717) is 12.5 Å². The lowest BCUT2D eigenvalue weighted by atomic mass is 9.79. The van der Waals surface area contributed by atoms with Crippen LogP contribution in [0.5, 0.6) is 5.75 Å². The number of alkyl halides is 6. The van der Waals surface area contributed by atoms with Crippen molar-refractivity contribution in [3.63, 3.8) is 0 Å². The van der Waals surface area contributed by atoms with E-state index in [1.165, 1.54) is 39.8 Å². The van der Waals surface area contributed by atoms with Gasteiger partial charge in [-0.15, -0.1) is 0 Å². The summed E-state index contributed by atoms with van der Waals surface area (Å²) in [5, 5.41) is 0. The van der Waals surface area contributed by atoms with Gasteiger partial charge in [-0.1, -0.05) is 6.07 Å². The van der Waals surface area contributed by atoms with Gasteiger partial charge in [-0.2, -0.15) is 26.3 Å². The van der Waals surface area contributed by atoms with Crippen LogP contribution in [0, 0.1) is 18.6 Å². The quantitative estimate of drug-likeness (QED) is 0.199. The standard InChI is InChI=1S/C34H31F8NO5/c1-16-19-10-7-11-47-28(19)23(36)13-20(16)24-25(29(31(45)46-5)48-32(2,3)4)27(34(40,41)42)22-15-43(14-21(22)26(24)33(37,38)39)30(44)17-8-6-9-18(35)12-17/h6,8-9,12-13,29H,7,10-11,14-15H2,1-5H3. The number of methoxy groups -OCH3 is 1. The van der Waals surface area contributed by atoms with Crippen molar-refractivity contribution < 1.29 is 58.9 Å². The minimum atomic E-state index is -5.42. The van der Waals surface area contributed by atoms with Gasteiger partial charge >= 0.3 is 18.3 Å². The molecule has 0 N–H and O–H groups in total. The van der Waals surface area contributed by atoms with Gasteiger partial charge in [0.1, 0.15) is 5.82 Å². The van der Waals surface area contributed by atoms with Crippen LogP contribution in [-0.2, 0) is 46.1 Å². The van der Waals surface area contributed by atoms with Crippen molar-refractivity contribution in [3.05, 3.63) is 86.5 Å². The molecule has 258 valence electrons. The first-order valence-electron chi connectivity index (χ1n) is 14.9.